The van der Waals surface area contributed by atoms with Crippen LogP contribution in [-0.2, 0) is 6.42 Å². The fourth-order valence-corrected chi connectivity index (χ4v) is 1.27. The fraction of sp³-hybridized carbons (Fsp3) is 0.250. The van der Waals surface area contributed by atoms with Gasteiger partial charge < -0.3 is 5.11 Å². The molecule has 6 nitrogen and oxygen atoms in total. The Kier molecular flexibility index (Phi) is 1.88. The summed E-state index contributed by atoms with van der Waals surface area (Å²) in [5, 5.41) is 16.1. The van der Waals surface area contributed by atoms with E-state index >= 15 is 0 Å². The van der Waals surface area contributed by atoms with E-state index in [1.165, 1.54) is 10.6 Å². The van der Waals surface area contributed by atoms with E-state index < -0.39 is 5.97 Å². The van der Waals surface area contributed by atoms with E-state index in [4.69, 9.17) is 5.11 Å². The molecule has 2 rings (SSSR count). The zero-order valence-corrected chi connectivity index (χ0v) is 7.51. The SMILES string of the molecule is CCc1nccn2c(C(=O)O)nnc12. The standard InChI is InChI=1S/C8H8N4O2/c1-2-5-6-10-11-7(8(13)14)12(6)4-3-9-5/h3-4H,2H2,1H3,(H,13,14). The first-order valence-electron chi connectivity index (χ1n) is 4.16. The molecule has 0 fully saturated rings. The van der Waals surface area contributed by atoms with Crippen LogP contribution in [-0.4, -0.2) is 30.7 Å². The van der Waals surface area contributed by atoms with Crippen LogP contribution in [0.4, 0.5) is 0 Å². The highest BCUT2D eigenvalue weighted by molar-refractivity contribution is 5.84. The molecule has 2 aromatic rings. The van der Waals surface area contributed by atoms with Crippen molar-refractivity contribution in [3.63, 3.8) is 0 Å². The number of carbonyl (C=O) groups is 1. The van der Waals surface area contributed by atoms with Crippen LogP contribution in [0.3, 0.4) is 0 Å². The Morgan fingerprint density at radius 3 is 3.00 bits per heavy atom. The highest BCUT2D eigenvalue weighted by Crippen LogP contribution is 2.07. The van der Waals surface area contributed by atoms with Crippen LogP contribution in [0, 0.1) is 0 Å². The van der Waals surface area contributed by atoms with E-state index in [1.807, 2.05) is 6.92 Å². The summed E-state index contributed by atoms with van der Waals surface area (Å²) in [5.74, 6) is -1.18. The third-order valence-electron chi connectivity index (χ3n) is 1.93. The Labute approximate surface area is 79.2 Å². The second-order valence-electron chi connectivity index (χ2n) is 2.75. The van der Waals surface area contributed by atoms with Crippen molar-refractivity contribution in [2.75, 3.05) is 0 Å². The molecule has 2 aromatic heterocycles. The van der Waals surface area contributed by atoms with Gasteiger partial charge in [0.1, 0.15) is 0 Å². The second kappa shape index (κ2) is 3.06. The van der Waals surface area contributed by atoms with Gasteiger partial charge in [-0.05, 0) is 6.42 Å². The summed E-state index contributed by atoms with van der Waals surface area (Å²) in [6.07, 6.45) is 3.78. The summed E-state index contributed by atoms with van der Waals surface area (Å²) in [6, 6.07) is 0. The number of aromatic nitrogens is 4. The topological polar surface area (TPSA) is 80.4 Å². The Morgan fingerprint density at radius 2 is 2.36 bits per heavy atom. The average molecular weight is 192 g/mol. The summed E-state index contributed by atoms with van der Waals surface area (Å²) in [4.78, 5) is 14.8. The lowest BCUT2D eigenvalue weighted by atomic mass is 10.3. The zero-order chi connectivity index (χ0) is 10.1. The largest absolute Gasteiger partial charge is 0.475 e. The van der Waals surface area contributed by atoms with E-state index in [0.29, 0.717) is 12.1 Å². The minimum absolute atomic E-state index is 0.0860. The first-order chi connectivity index (χ1) is 6.74. The van der Waals surface area contributed by atoms with Gasteiger partial charge in [0.2, 0.25) is 5.82 Å². The molecule has 72 valence electrons. The third-order valence-corrected chi connectivity index (χ3v) is 1.93. The van der Waals surface area contributed by atoms with Crippen LogP contribution in [0.5, 0.6) is 0 Å². The van der Waals surface area contributed by atoms with Crippen molar-refractivity contribution in [3.8, 4) is 0 Å². The summed E-state index contributed by atoms with van der Waals surface area (Å²) in [7, 11) is 0. The van der Waals surface area contributed by atoms with Crippen LogP contribution in [0.25, 0.3) is 5.65 Å². The number of hydrogen-bond acceptors (Lipinski definition) is 4. The molecular weight excluding hydrogens is 184 g/mol. The maximum Gasteiger partial charge on any atom is 0.374 e. The maximum absolute atomic E-state index is 10.7. The summed E-state index contributed by atoms with van der Waals surface area (Å²) < 4.78 is 1.42. The van der Waals surface area contributed by atoms with Crippen LogP contribution < -0.4 is 0 Å². The number of carboxylic acids is 1. The van der Waals surface area contributed by atoms with E-state index in [9.17, 15) is 4.79 Å². The molecule has 2 heterocycles. The molecule has 0 aliphatic carbocycles. The molecule has 6 heteroatoms. The van der Waals surface area contributed by atoms with Gasteiger partial charge in [0.15, 0.2) is 5.65 Å². The van der Waals surface area contributed by atoms with Gasteiger partial charge >= 0.3 is 5.97 Å². The molecule has 0 aliphatic heterocycles. The molecule has 0 amide bonds. The molecule has 0 spiro atoms. The van der Waals surface area contributed by atoms with Crippen molar-refractivity contribution in [2.45, 2.75) is 13.3 Å². The minimum Gasteiger partial charge on any atom is -0.475 e. The van der Waals surface area contributed by atoms with Crippen LogP contribution in [0.15, 0.2) is 12.4 Å². The normalized spacial score (nSPS) is 10.6. The van der Waals surface area contributed by atoms with Crippen LogP contribution >= 0.6 is 0 Å². The fourth-order valence-electron chi connectivity index (χ4n) is 1.27. The Morgan fingerprint density at radius 1 is 1.57 bits per heavy atom. The maximum atomic E-state index is 10.7. The van der Waals surface area contributed by atoms with Crippen LogP contribution in [0.2, 0.25) is 0 Å². The predicted molar refractivity (Wildman–Crippen MR) is 47.1 cm³/mol. The Bertz CT molecular complexity index is 491. The lowest BCUT2D eigenvalue weighted by Crippen LogP contribution is -2.04. The van der Waals surface area contributed by atoms with Gasteiger partial charge in [-0.25, -0.2) is 4.79 Å². The number of aromatic carboxylic acids is 1. The van der Waals surface area contributed by atoms with Gasteiger partial charge in [-0.1, -0.05) is 6.92 Å². The second-order valence-corrected chi connectivity index (χ2v) is 2.75. The van der Waals surface area contributed by atoms with Crippen molar-refractivity contribution in [2.24, 2.45) is 0 Å². The van der Waals surface area contributed by atoms with Gasteiger partial charge in [0.05, 0.1) is 5.69 Å². The van der Waals surface area contributed by atoms with E-state index in [1.54, 1.807) is 6.20 Å². The summed E-state index contributed by atoms with van der Waals surface area (Å²) >= 11 is 0. The van der Waals surface area contributed by atoms with E-state index in [0.717, 1.165) is 5.69 Å². The molecular formula is C8H8N4O2. The quantitative estimate of drug-likeness (QED) is 0.744. The van der Waals surface area contributed by atoms with Gasteiger partial charge in [-0.3, -0.25) is 9.38 Å². The first-order valence-corrected chi connectivity index (χ1v) is 4.16. The minimum atomic E-state index is -1.09. The zero-order valence-electron chi connectivity index (χ0n) is 7.51. The predicted octanol–water partition coefficient (Wildman–Crippen LogP) is 0.385. The molecule has 0 aromatic carbocycles. The number of nitrogens with zero attached hydrogens (tertiary/aromatic N) is 4. The van der Waals surface area contributed by atoms with Gasteiger partial charge in [-0.2, -0.15) is 0 Å². The molecule has 0 unspecified atom stereocenters. The van der Waals surface area contributed by atoms with E-state index in [2.05, 4.69) is 15.2 Å². The summed E-state index contributed by atoms with van der Waals surface area (Å²) in [5.41, 5.74) is 1.25. The molecule has 0 atom stereocenters. The Balaban J connectivity index is 2.75. The van der Waals surface area contributed by atoms with Crippen molar-refractivity contribution in [1.82, 2.24) is 19.6 Å². The molecule has 0 bridgehead atoms. The third kappa shape index (κ3) is 1.12. The number of fused-ring (bicyclic) bond motifs is 1. The number of rotatable bonds is 2. The number of hydrogen-bond donors (Lipinski definition) is 1. The van der Waals surface area contributed by atoms with Gasteiger partial charge in [0.25, 0.3) is 0 Å². The highest BCUT2D eigenvalue weighted by Gasteiger charge is 2.14. The monoisotopic (exact) mass is 192 g/mol. The highest BCUT2D eigenvalue weighted by atomic mass is 16.4. The van der Waals surface area contributed by atoms with Gasteiger partial charge in [0, 0.05) is 12.4 Å². The lowest BCUT2D eigenvalue weighted by molar-refractivity contribution is 0.0682. The molecule has 0 saturated carbocycles. The summed E-state index contributed by atoms with van der Waals surface area (Å²) in [6.45, 7) is 1.93. The molecule has 0 saturated heterocycles. The van der Waals surface area contributed by atoms with Crippen molar-refractivity contribution in [1.29, 1.82) is 0 Å². The molecule has 1 N–H and O–H groups in total. The average Bonchev–Trinajstić information content (AvgIpc) is 2.60. The smallest absolute Gasteiger partial charge is 0.374 e. The molecule has 14 heavy (non-hydrogen) atoms. The lowest BCUT2D eigenvalue weighted by Gasteiger charge is -1.97. The van der Waals surface area contributed by atoms with Gasteiger partial charge in [-0.15, -0.1) is 10.2 Å². The van der Waals surface area contributed by atoms with E-state index in [-0.39, 0.29) is 5.82 Å². The number of carboxylic acid groups (broad SMARTS) is 1. The first kappa shape index (κ1) is 8.61. The number of aryl methyl sites for hydroxylation is 1. The van der Waals surface area contributed by atoms with Crippen molar-refractivity contribution < 1.29 is 9.90 Å². The molecule has 0 aliphatic rings. The van der Waals surface area contributed by atoms with Crippen molar-refractivity contribution in [3.05, 3.63) is 23.9 Å². The molecule has 0 radical (unpaired) electrons. The Hall–Kier alpha value is -1.98. The van der Waals surface area contributed by atoms with Crippen LogP contribution in [0.1, 0.15) is 23.2 Å². The van der Waals surface area contributed by atoms with Crippen molar-refractivity contribution >= 4 is 11.6 Å².